The fourth-order valence-corrected chi connectivity index (χ4v) is 2.79. The lowest BCUT2D eigenvalue weighted by molar-refractivity contribution is 0.111. The van der Waals surface area contributed by atoms with E-state index in [1.165, 1.54) is 19.3 Å². The van der Waals surface area contributed by atoms with Gasteiger partial charge in [0.25, 0.3) is 0 Å². The first-order valence-corrected chi connectivity index (χ1v) is 10.3. The maximum Gasteiger partial charge on any atom is 0.142 e. The molecule has 2 N–H and O–H groups in total. The number of nitrogens with two attached hydrogens (primary N) is 1. The Labute approximate surface area is 184 Å². The molecule has 0 saturated carbocycles. The van der Waals surface area contributed by atoms with E-state index in [2.05, 4.69) is 6.92 Å². The van der Waals surface area contributed by atoms with Crippen LogP contribution in [0.4, 0.5) is 14.5 Å². The summed E-state index contributed by atoms with van der Waals surface area (Å²) in [7, 11) is 0. The van der Waals surface area contributed by atoms with Gasteiger partial charge in [-0.25, -0.2) is 8.78 Å². The third kappa shape index (κ3) is 9.63. The van der Waals surface area contributed by atoms with E-state index in [9.17, 15) is 8.78 Å². The Balaban J connectivity index is 0.00000450. The summed E-state index contributed by atoms with van der Waals surface area (Å²) in [6.07, 6.45) is 6.16. The van der Waals surface area contributed by atoms with Crippen LogP contribution in [0.3, 0.4) is 0 Å². The second-order valence-electron chi connectivity index (χ2n) is 6.95. The molecule has 168 valence electrons. The van der Waals surface area contributed by atoms with Crippen molar-refractivity contribution in [2.24, 2.45) is 0 Å². The zero-order chi connectivity index (χ0) is 20.9. The van der Waals surface area contributed by atoms with Crippen molar-refractivity contribution < 1.29 is 23.0 Å². The zero-order valence-electron chi connectivity index (χ0n) is 17.5. The zero-order valence-corrected chi connectivity index (χ0v) is 18.3. The van der Waals surface area contributed by atoms with Crippen molar-refractivity contribution in [1.82, 2.24) is 0 Å². The molecule has 0 aliphatic rings. The molecule has 0 fully saturated rings. The minimum atomic E-state index is -0.469. The van der Waals surface area contributed by atoms with Gasteiger partial charge in [0.15, 0.2) is 0 Å². The van der Waals surface area contributed by atoms with Gasteiger partial charge in [-0.1, -0.05) is 26.2 Å². The molecular formula is C23H32ClF2NO3. The highest BCUT2D eigenvalue weighted by Crippen LogP contribution is 2.26. The van der Waals surface area contributed by atoms with E-state index < -0.39 is 11.6 Å². The molecule has 0 radical (unpaired) electrons. The minimum absolute atomic E-state index is 0. The average molecular weight is 444 g/mol. The normalized spacial score (nSPS) is 10.5. The second kappa shape index (κ2) is 14.9. The number of halogens is 3. The van der Waals surface area contributed by atoms with Crippen LogP contribution in [0.1, 0.15) is 51.0 Å². The quantitative estimate of drug-likeness (QED) is 0.275. The number of rotatable bonds is 14. The lowest BCUT2D eigenvalue weighted by Crippen LogP contribution is -2.04. The molecule has 4 nitrogen and oxygen atoms in total. The van der Waals surface area contributed by atoms with Crippen LogP contribution in [0.15, 0.2) is 36.4 Å². The molecule has 0 bridgehead atoms. The number of hydrogen-bond donors (Lipinski definition) is 1. The molecule has 0 saturated heterocycles. The molecule has 2 aromatic carbocycles. The van der Waals surface area contributed by atoms with E-state index in [1.807, 2.05) is 12.1 Å². The highest BCUT2D eigenvalue weighted by molar-refractivity contribution is 5.85. The van der Waals surface area contributed by atoms with Gasteiger partial charge in [0, 0.05) is 18.2 Å². The molecule has 0 aliphatic heterocycles. The molecule has 0 spiro atoms. The Morgan fingerprint density at radius 3 is 2.33 bits per heavy atom. The van der Waals surface area contributed by atoms with Crippen molar-refractivity contribution in [2.45, 2.75) is 52.1 Å². The third-order valence-electron chi connectivity index (χ3n) is 4.45. The first-order valence-electron chi connectivity index (χ1n) is 10.3. The van der Waals surface area contributed by atoms with Gasteiger partial charge in [0.2, 0.25) is 0 Å². The van der Waals surface area contributed by atoms with Crippen molar-refractivity contribution in [3.05, 3.63) is 53.6 Å². The number of hydrogen-bond acceptors (Lipinski definition) is 4. The highest BCUT2D eigenvalue weighted by Gasteiger charge is 2.05. The fourth-order valence-electron chi connectivity index (χ4n) is 2.79. The standard InChI is InChI=1S/C23H31F2NO3.ClH/c1-2-3-4-5-13-28-20-9-11-23(22(26)16-20)29-14-7-6-12-27-17-18-15-19(24)8-10-21(18)25;/h8-11,15-16H,2-7,12-14,17,26H2,1H3;1H. The van der Waals surface area contributed by atoms with Gasteiger partial charge in [-0.05, 0) is 49.6 Å². The predicted octanol–water partition coefficient (Wildman–Crippen LogP) is 6.30. The highest BCUT2D eigenvalue weighted by atomic mass is 35.5. The Morgan fingerprint density at radius 2 is 1.57 bits per heavy atom. The number of nitrogen functional groups attached to an aromatic ring is 1. The molecule has 30 heavy (non-hydrogen) atoms. The summed E-state index contributed by atoms with van der Waals surface area (Å²) in [4.78, 5) is 0. The van der Waals surface area contributed by atoms with Crippen LogP contribution in [0.5, 0.6) is 11.5 Å². The van der Waals surface area contributed by atoms with E-state index in [1.54, 1.807) is 6.07 Å². The van der Waals surface area contributed by atoms with Crippen molar-refractivity contribution in [2.75, 3.05) is 25.6 Å². The molecular weight excluding hydrogens is 412 g/mol. The van der Waals surface area contributed by atoms with Gasteiger partial charge in [0.1, 0.15) is 23.1 Å². The van der Waals surface area contributed by atoms with Gasteiger partial charge < -0.3 is 19.9 Å². The molecule has 2 aromatic rings. The first-order chi connectivity index (χ1) is 14.1. The summed E-state index contributed by atoms with van der Waals surface area (Å²) in [6.45, 7) is 3.87. The summed E-state index contributed by atoms with van der Waals surface area (Å²) < 4.78 is 43.4. The van der Waals surface area contributed by atoms with Crippen LogP contribution in [-0.4, -0.2) is 19.8 Å². The maximum absolute atomic E-state index is 13.5. The van der Waals surface area contributed by atoms with Crippen molar-refractivity contribution in [3.8, 4) is 11.5 Å². The van der Waals surface area contributed by atoms with Gasteiger partial charge in [-0.2, -0.15) is 0 Å². The Bertz CT molecular complexity index is 746. The molecule has 7 heteroatoms. The van der Waals surface area contributed by atoms with Crippen LogP contribution in [0.25, 0.3) is 0 Å². The lowest BCUT2D eigenvalue weighted by Gasteiger charge is -2.11. The predicted molar refractivity (Wildman–Crippen MR) is 118 cm³/mol. The monoisotopic (exact) mass is 443 g/mol. The molecule has 2 rings (SSSR count). The van der Waals surface area contributed by atoms with Crippen molar-refractivity contribution in [1.29, 1.82) is 0 Å². The molecule has 0 atom stereocenters. The van der Waals surface area contributed by atoms with Gasteiger partial charge in [-0.15, -0.1) is 12.4 Å². The van der Waals surface area contributed by atoms with Crippen molar-refractivity contribution >= 4 is 18.1 Å². The van der Waals surface area contributed by atoms with Gasteiger partial charge >= 0.3 is 0 Å². The summed E-state index contributed by atoms with van der Waals surface area (Å²) in [5.74, 6) is 0.456. The van der Waals surface area contributed by atoms with Crippen LogP contribution >= 0.6 is 12.4 Å². The Morgan fingerprint density at radius 1 is 0.833 bits per heavy atom. The Kier molecular flexibility index (Phi) is 12.9. The van der Waals surface area contributed by atoms with Gasteiger partial charge in [0.05, 0.1) is 25.5 Å². The van der Waals surface area contributed by atoms with E-state index in [0.29, 0.717) is 31.3 Å². The van der Waals surface area contributed by atoms with Gasteiger partial charge in [-0.3, -0.25) is 0 Å². The van der Waals surface area contributed by atoms with Crippen molar-refractivity contribution in [3.63, 3.8) is 0 Å². The summed E-state index contributed by atoms with van der Waals surface area (Å²) in [5.41, 5.74) is 6.80. The minimum Gasteiger partial charge on any atom is -0.494 e. The van der Waals surface area contributed by atoms with Crippen LogP contribution in [0.2, 0.25) is 0 Å². The summed E-state index contributed by atoms with van der Waals surface area (Å²) >= 11 is 0. The van der Waals surface area contributed by atoms with E-state index in [-0.39, 0.29) is 24.6 Å². The average Bonchev–Trinajstić information content (AvgIpc) is 2.71. The second-order valence-corrected chi connectivity index (χ2v) is 6.95. The van der Waals surface area contributed by atoms with Crippen LogP contribution in [0, 0.1) is 11.6 Å². The van der Waals surface area contributed by atoms with E-state index in [4.69, 9.17) is 19.9 Å². The SMILES string of the molecule is CCCCCCOc1ccc(OCCCCOCc2cc(F)ccc2F)c(N)c1.Cl. The molecule has 0 unspecified atom stereocenters. The van der Waals surface area contributed by atoms with E-state index >= 15 is 0 Å². The molecule has 0 amide bonds. The smallest absolute Gasteiger partial charge is 0.142 e. The summed E-state index contributed by atoms with van der Waals surface area (Å²) in [6, 6.07) is 8.82. The first kappa shape index (κ1) is 26.0. The number of unbranched alkanes of at least 4 members (excludes halogenated alkanes) is 4. The van der Waals surface area contributed by atoms with Crippen LogP contribution < -0.4 is 15.2 Å². The number of anilines is 1. The Hall–Kier alpha value is -2.05. The molecule has 0 aromatic heterocycles. The van der Waals surface area contributed by atoms with E-state index in [0.717, 1.165) is 43.2 Å². The largest absolute Gasteiger partial charge is 0.494 e. The summed E-state index contributed by atoms with van der Waals surface area (Å²) in [5, 5.41) is 0. The van der Waals surface area contributed by atoms with Crippen LogP contribution in [-0.2, 0) is 11.3 Å². The number of ether oxygens (including phenoxy) is 3. The number of benzene rings is 2. The third-order valence-corrected chi connectivity index (χ3v) is 4.45. The topological polar surface area (TPSA) is 53.7 Å². The molecule has 0 aliphatic carbocycles. The molecule has 0 heterocycles. The fraction of sp³-hybridized carbons (Fsp3) is 0.478. The maximum atomic E-state index is 13.5. The lowest BCUT2D eigenvalue weighted by atomic mass is 10.2.